The topological polar surface area (TPSA) is 97.0 Å². The second-order valence-electron chi connectivity index (χ2n) is 7.40. The van der Waals surface area contributed by atoms with E-state index in [1.165, 1.54) is 24.7 Å². The minimum atomic E-state index is -0.315. The maximum absolute atomic E-state index is 13.4. The number of benzene rings is 1. The number of hydrogen-bond acceptors (Lipinski definition) is 6. The molecule has 0 aliphatic carbocycles. The van der Waals surface area contributed by atoms with Crippen LogP contribution in [-0.4, -0.2) is 44.9 Å². The summed E-state index contributed by atoms with van der Waals surface area (Å²) >= 11 is 0. The molecule has 154 valence electrons. The second kappa shape index (κ2) is 8.96. The van der Waals surface area contributed by atoms with E-state index in [1.807, 2.05) is 0 Å². The Morgan fingerprint density at radius 1 is 1.17 bits per heavy atom. The lowest BCUT2D eigenvalue weighted by atomic mass is 10.0. The van der Waals surface area contributed by atoms with E-state index in [2.05, 4.69) is 25.2 Å². The maximum atomic E-state index is 13.4. The van der Waals surface area contributed by atoms with Gasteiger partial charge in [-0.3, -0.25) is 14.7 Å². The van der Waals surface area contributed by atoms with E-state index < -0.39 is 0 Å². The molecule has 1 aliphatic rings. The molecule has 3 N–H and O–H groups in total. The van der Waals surface area contributed by atoms with Gasteiger partial charge < -0.3 is 11.1 Å². The molecule has 1 amide bonds. The number of nitrogens with zero attached hydrogens (tertiary/aromatic N) is 4. The smallest absolute Gasteiger partial charge is 0.253 e. The summed E-state index contributed by atoms with van der Waals surface area (Å²) < 4.78 is 13.4. The van der Waals surface area contributed by atoms with Gasteiger partial charge >= 0.3 is 0 Å². The summed E-state index contributed by atoms with van der Waals surface area (Å²) in [5.41, 5.74) is 8.61. The predicted molar refractivity (Wildman–Crippen MR) is 112 cm³/mol. The molecule has 1 aromatic carbocycles. The van der Waals surface area contributed by atoms with Crippen molar-refractivity contribution >= 4 is 11.7 Å². The number of piperidine rings is 1. The molecule has 0 spiro atoms. The van der Waals surface area contributed by atoms with Crippen LogP contribution in [0.5, 0.6) is 0 Å². The average Bonchev–Trinajstić information content (AvgIpc) is 2.77. The molecule has 30 heavy (non-hydrogen) atoms. The minimum Gasteiger partial charge on any atom is -0.383 e. The summed E-state index contributed by atoms with van der Waals surface area (Å²) in [5.74, 6) is 0.0481. The predicted octanol–water partition coefficient (Wildman–Crippen LogP) is 2.65. The molecule has 3 heterocycles. The lowest BCUT2D eigenvalue weighted by Gasteiger charge is -2.32. The van der Waals surface area contributed by atoms with Gasteiger partial charge in [0.2, 0.25) is 0 Å². The van der Waals surface area contributed by atoms with E-state index in [0.29, 0.717) is 29.2 Å². The first-order valence-electron chi connectivity index (χ1n) is 9.88. The molecule has 0 radical (unpaired) electrons. The number of carbonyl (C=O) groups is 1. The number of likely N-dealkylation sites (tertiary alicyclic amines) is 1. The lowest BCUT2D eigenvalue weighted by Crippen LogP contribution is -2.44. The standard InChI is InChI=1S/C22H23FN6O/c23-18-3-1-2-15(10-18)20-5-4-16(12-26-20)22(30)28-19-6-8-29(9-7-19)13-17-11-25-14-27-21(17)24/h1-5,10-12,14,19H,6-9,13H2,(H,28,30)(H2,24,25,27). The van der Waals surface area contributed by atoms with E-state index >= 15 is 0 Å². The van der Waals surface area contributed by atoms with Crippen LogP contribution in [0.25, 0.3) is 11.3 Å². The van der Waals surface area contributed by atoms with E-state index in [0.717, 1.165) is 31.5 Å². The third kappa shape index (κ3) is 4.77. The summed E-state index contributed by atoms with van der Waals surface area (Å²) in [6.07, 6.45) is 6.43. The quantitative estimate of drug-likeness (QED) is 0.676. The van der Waals surface area contributed by atoms with Gasteiger partial charge in [0.05, 0.1) is 11.3 Å². The SMILES string of the molecule is Nc1ncncc1CN1CCC(NC(=O)c2ccc(-c3cccc(F)c3)nc2)CC1. The molecule has 1 saturated heterocycles. The van der Waals surface area contributed by atoms with Gasteiger partial charge in [0, 0.05) is 49.2 Å². The summed E-state index contributed by atoms with van der Waals surface area (Å²) in [6.45, 7) is 2.42. The highest BCUT2D eigenvalue weighted by Gasteiger charge is 2.22. The molecule has 0 saturated carbocycles. The molecule has 3 aromatic rings. The van der Waals surface area contributed by atoms with Gasteiger partial charge in [0.1, 0.15) is 18.0 Å². The Hall–Kier alpha value is -3.39. The van der Waals surface area contributed by atoms with Crippen LogP contribution in [0.3, 0.4) is 0 Å². The van der Waals surface area contributed by atoms with Crippen molar-refractivity contribution in [3.8, 4) is 11.3 Å². The van der Waals surface area contributed by atoms with Crippen molar-refractivity contribution in [2.45, 2.75) is 25.4 Å². The molecule has 1 aliphatic heterocycles. The number of pyridine rings is 1. The molecule has 1 fully saturated rings. The Kier molecular flexibility index (Phi) is 5.94. The third-order valence-electron chi connectivity index (χ3n) is 5.29. The Labute approximate surface area is 174 Å². The zero-order valence-electron chi connectivity index (χ0n) is 16.5. The van der Waals surface area contributed by atoms with Crippen molar-refractivity contribution in [1.82, 2.24) is 25.2 Å². The number of nitrogens with two attached hydrogens (primary N) is 1. The number of nitrogens with one attached hydrogen (secondary N) is 1. The highest BCUT2D eigenvalue weighted by atomic mass is 19.1. The summed E-state index contributed by atoms with van der Waals surface area (Å²) in [7, 11) is 0. The second-order valence-corrected chi connectivity index (χ2v) is 7.40. The van der Waals surface area contributed by atoms with Gasteiger partial charge in [-0.05, 0) is 37.1 Å². The maximum Gasteiger partial charge on any atom is 0.253 e. The zero-order chi connectivity index (χ0) is 20.9. The molecule has 4 rings (SSSR count). The van der Waals surface area contributed by atoms with Crippen LogP contribution in [0.4, 0.5) is 10.2 Å². The summed E-state index contributed by atoms with van der Waals surface area (Å²) in [5, 5.41) is 3.08. The lowest BCUT2D eigenvalue weighted by molar-refractivity contribution is 0.0908. The van der Waals surface area contributed by atoms with Crippen LogP contribution in [0.1, 0.15) is 28.8 Å². The van der Waals surface area contributed by atoms with Gasteiger partial charge in [-0.1, -0.05) is 12.1 Å². The first kappa shape index (κ1) is 19.9. The molecule has 8 heteroatoms. The number of carbonyl (C=O) groups excluding carboxylic acids is 1. The van der Waals surface area contributed by atoms with Gasteiger partial charge in [-0.2, -0.15) is 0 Å². The van der Waals surface area contributed by atoms with Crippen molar-refractivity contribution in [2.24, 2.45) is 0 Å². The van der Waals surface area contributed by atoms with Gasteiger partial charge in [0.15, 0.2) is 0 Å². The van der Waals surface area contributed by atoms with Crippen LogP contribution in [0.15, 0.2) is 55.1 Å². The van der Waals surface area contributed by atoms with Crippen molar-refractivity contribution in [2.75, 3.05) is 18.8 Å². The van der Waals surface area contributed by atoms with Crippen molar-refractivity contribution in [3.63, 3.8) is 0 Å². The number of rotatable bonds is 5. The van der Waals surface area contributed by atoms with E-state index in [1.54, 1.807) is 30.5 Å². The van der Waals surface area contributed by atoms with E-state index in [-0.39, 0.29) is 17.8 Å². The molecular formula is C22H23FN6O. The number of hydrogen-bond donors (Lipinski definition) is 2. The fourth-order valence-electron chi connectivity index (χ4n) is 3.58. The van der Waals surface area contributed by atoms with Gasteiger partial charge in [-0.25, -0.2) is 14.4 Å². The van der Waals surface area contributed by atoms with Crippen LogP contribution < -0.4 is 11.1 Å². The monoisotopic (exact) mass is 406 g/mol. The average molecular weight is 406 g/mol. The fraction of sp³-hybridized carbons (Fsp3) is 0.273. The third-order valence-corrected chi connectivity index (χ3v) is 5.29. The van der Waals surface area contributed by atoms with E-state index in [9.17, 15) is 9.18 Å². The van der Waals surface area contributed by atoms with Crippen molar-refractivity contribution in [1.29, 1.82) is 0 Å². The number of halogens is 1. The van der Waals surface area contributed by atoms with Crippen LogP contribution in [0.2, 0.25) is 0 Å². The number of anilines is 1. The zero-order valence-corrected chi connectivity index (χ0v) is 16.5. The van der Waals surface area contributed by atoms with Crippen molar-refractivity contribution < 1.29 is 9.18 Å². The Morgan fingerprint density at radius 2 is 2.00 bits per heavy atom. The highest BCUT2D eigenvalue weighted by molar-refractivity contribution is 5.94. The minimum absolute atomic E-state index is 0.112. The van der Waals surface area contributed by atoms with Crippen molar-refractivity contribution in [3.05, 3.63) is 72.1 Å². The molecule has 0 atom stereocenters. The normalized spacial score (nSPS) is 15.1. The Morgan fingerprint density at radius 3 is 2.70 bits per heavy atom. The first-order chi connectivity index (χ1) is 14.6. The summed E-state index contributed by atoms with van der Waals surface area (Å²) in [4.78, 5) is 27.2. The number of nitrogen functional groups attached to an aromatic ring is 1. The van der Waals surface area contributed by atoms with Crippen LogP contribution in [-0.2, 0) is 6.54 Å². The van der Waals surface area contributed by atoms with Gasteiger partial charge in [-0.15, -0.1) is 0 Å². The summed E-state index contributed by atoms with van der Waals surface area (Å²) in [6, 6.07) is 9.80. The van der Waals surface area contributed by atoms with Crippen LogP contribution >= 0.6 is 0 Å². The fourth-order valence-corrected chi connectivity index (χ4v) is 3.58. The highest BCUT2D eigenvalue weighted by Crippen LogP contribution is 2.19. The molecule has 2 aromatic heterocycles. The number of amides is 1. The Bertz CT molecular complexity index is 1020. The largest absolute Gasteiger partial charge is 0.383 e. The first-order valence-corrected chi connectivity index (χ1v) is 9.88. The Balaban J connectivity index is 1.30. The molecule has 0 unspecified atom stereocenters. The molecule has 7 nitrogen and oxygen atoms in total. The van der Waals surface area contributed by atoms with Gasteiger partial charge in [0.25, 0.3) is 5.91 Å². The molecule has 0 bridgehead atoms. The molecular weight excluding hydrogens is 383 g/mol. The van der Waals surface area contributed by atoms with E-state index in [4.69, 9.17) is 5.73 Å². The number of aromatic nitrogens is 3. The van der Waals surface area contributed by atoms with Crippen LogP contribution in [0, 0.1) is 5.82 Å².